The number of hydrogen-bond donors (Lipinski definition) is 2. The van der Waals surface area contributed by atoms with Gasteiger partial charge in [0.05, 0.1) is 20.2 Å². The van der Waals surface area contributed by atoms with Crippen molar-refractivity contribution in [2.24, 2.45) is 0 Å². The zero-order valence-electron chi connectivity index (χ0n) is 16.0. The van der Waals surface area contributed by atoms with Crippen molar-refractivity contribution < 1.29 is 32.6 Å². The van der Waals surface area contributed by atoms with Crippen molar-refractivity contribution in [1.82, 2.24) is 10.6 Å². The maximum atomic E-state index is 12.3. The van der Waals surface area contributed by atoms with E-state index < -0.39 is 18.4 Å². The van der Waals surface area contributed by atoms with E-state index in [1.165, 1.54) is 25.3 Å². The van der Waals surface area contributed by atoms with Crippen molar-refractivity contribution >= 4 is 11.8 Å². The highest BCUT2D eigenvalue weighted by Gasteiger charge is 2.14. The third kappa shape index (κ3) is 6.95. The number of halogens is 2. The third-order valence-electron chi connectivity index (χ3n) is 3.83. The monoisotopic (exact) mass is 408 g/mol. The highest BCUT2D eigenvalue weighted by Crippen LogP contribution is 2.29. The number of benzene rings is 2. The number of aryl methyl sites for hydroxylation is 1. The zero-order valence-corrected chi connectivity index (χ0v) is 16.0. The molecule has 2 aromatic rings. The Morgan fingerprint density at radius 1 is 1.03 bits per heavy atom. The second-order valence-electron chi connectivity index (χ2n) is 5.89. The fourth-order valence-electron chi connectivity index (χ4n) is 2.40. The van der Waals surface area contributed by atoms with Crippen LogP contribution in [0.15, 0.2) is 42.5 Å². The molecule has 0 unspecified atom stereocenters. The normalized spacial score (nSPS) is 10.4. The molecule has 29 heavy (non-hydrogen) atoms. The van der Waals surface area contributed by atoms with Crippen molar-refractivity contribution in [1.29, 1.82) is 0 Å². The van der Waals surface area contributed by atoms with Gasteiger partial charge in [-0.2, -0.15) is 8.78 Å². The molecule has 2 N–H and O–H groups in total. The summed E-state index contributed by atoms with van der Waals surface area (Å²) in [6.07, 6.45) is 0. The molecule has 0 saturated carbocycles. The standard InChI is InChI=1S/C20H22F2N2O5/c1-13-5-3-4-6-15(13)28-10-9-23-18(25)12-24-19(26)14-7-8-16(29-20(21)22)17(11-14)27-2/h3-8,11,20H,9-10,12H2,1-2H3,(H,23,25)(H,24,26). The summed E-state index contributed by atoms with van der Waals surface area (Å²) in [7, 11) is 1.27. The Kier molecular flexibility index (Phi) is 8.20. The molecule has 2 rings (SSSR count). The van der Waals surface area contributed by atoms with Crippen molar-refractivity contribution in [2.45, 2.75) is 13.5 Å². The Balaban J connectivity index is 1.76. The number of alkyl halides is 2. The lowest BCUT2D eigenvalue weighted by Gasteiger charge is -2.12. The second kappa shape index (κ2) is 10.8. The molecule has 0 radical (unpaired) electrons. The molecule has 0 aliphatic carbocycles. The van der Waals surface area contributed by atoms with Gasteiger partial charge in [-0.15, -0.1) is 0 Å². The van der Waals surface area contributed by atoms with Crippen LogP contribution in [0.5, 0.6) is 17.2 Å². The van der Waals surface area contributed by atoms with E-state index in [0.717, 1.165) is 11.3 Å². The number of carbonyl (C=O) groups is 2. The Hall–Kier alpha value is -3.36. The quantitative estimate of drug-likeness (QED) is 0.590. The minimum atomic E-state index is -3.01. The predicted molar refractivity (Wildman–Crippen MR) is 102 cm³/mol. The molecular weight excluding hydrogens is 386 g/mol. The van der Waals surface area contributed by atoms with Gasteiger partial charge in [0, 0.05) is 5.56 Å². The number of ether oxygens (including phenoxy) is 3. The van der Waals surface area contributed by atoms with Crippen LogP contribution >= 0.6 is 0 Å². The maximum Gasteiger partial charge on any atom is 0.387 e. The number of carbonyl (C=O) groups excluding carboxylic acids is 2. The number of nitrogens with one attached hydrogen (secondary N) is 2. The summed E-state index contributed by atoms with van der Waals surface area (Å²) >= 11 is 0. The molecule has 7 nitrogen and oxygen atoms in total. The fraction of sp³-hybridized carbons (Fsp3) is 0.300. The molecule has 0 atom stereocenters. The SMILES string of the molecule is COc1cc(C(=O)NCC(=O)NCCOc2ccccc2C)ccc1OC(F)F. The minimum Gasteiger partial charge on any atom is -0.493 e. The van der Waals surface area contributed by atoms with Crippen LogP contribution in [0.25, 0.3) is 0 Å². The Labute approximate surface area is 167 Å². The summed E-state index contributed by atoms with van der Waals surface area (Å²) in [5.41, 5.74) is 1.13. The molecule has 0 aliphatic rings. The van der Waals surface area contributed by atoms with Crippen LogP contribution in [-0.2, 0) is 4.79 Å². The van der Waals surface area contributed by atoms with Crippen molar-refractivity contribution in [2.75, 3.05) is 26.8 Å². The largest absolute Gasteiger partial charge is 0.493 e. The molecule has 0 saturated heterocycles. The first kappa shape index (κ1) is 21.9. The van der Waals surface area contributed by atoms with Gasteiger partial charge < -0.3 is 24.8 Å². The van der Waals surface area contributed by atoms with Crippen LogP contribution in [0.2, 0.25) is 0 Å². The van der Waals surface area contributed by atoms with E-state index in [1.54, 1.807) is 0 Å². The number of amides is 2. The summed E-state index contributed by atoms with van der Waals surface area (Å²) in [6, 6.07) is 11.3. The van der Waals surface area contributed by atoms with E-state index in [-0.39, 0.29) is 36.8 Å². The molecule has 2 amide bonds. The van der Waals surface area contributed by atoms with Gasteiger partial charge in [-0.05, 0) is 36.8 Å². The van der Waals surface area contributed by atoms with Gasteiger partial charge >= 0.3 is 6.61 Å². The Morgan fingerprint density at radius 2 is 1.79 bits per heavy atom. The van der Waals surface area contributed by atoms with Crippen molar-refractivity contribution in [3.8, 4) is 17.2 Å². The van der Waals surface area contributed by atoms with E-state index in [1.807, 2.05) is 31.2 Å². The molecule has 0 fully saturated rings. The first-order chi connectivity index (χ1) is 13.9. The molecular formula is C20H22F2N2O5. The van der Waals surface area contributed by atoms with Gasteiger partial charge in [-0.1, -0.05) is 18.2 Å². The first-order valence-corrected chi connectivity index (χ1v) is 8.77. The first-order valence-electron chi connectivity index (χ1n) is 8.77. The number of para-hydroxylation sites is 1. The van der Waals surface area contributed by atoms with Gasteiger partial charge in [0.15, 0.2) is 11.5 Å². The summed E-state index contributed by atoms with van der Waals surface area (Å²) in [4.78, 5) is 24.0. The van der Waals surface area contributed by atoms with Gasteiger partial charge in [0.2, 0.25) is 5.91 Å². The summed E-state index contributed by atoms with van der Waals surface area (Å²) in [5.74, 6) is -0.418. The molecule has 2 aromatic carbocycles. The van der Waals surface area contributed by atoms with Gasteiger partial charge in [-0.3, -0.25) is 9.59 Å². The van der Waals surface area contributed by atoms with Crippen LogP contribution < -0.4 is 24.8 Å². The smallest absolute Gasteiger partial charge is 0.387 e. The lowest BCUT2D eigenvalue weighted by molar-refractivity contribution is -0.120. The average molecular weight is 408 g/mol. The highest BCUT2D eigenvalue weighted by atomic mass is 19.3. The Morgan fingerprint density at radius 3 is 2.48 bits per heavy atom. The molecule has 0 bridgehead atoms. The van der Waals surface area contributed by atoms with Crippen LogP contribution in [0.1, 0.15) is 15.9 Å². The predicted octanol–water partition coefficient (Wildman–Crippen LogP) is 2.53. The summed E-state index contributed by atoms with van der Waals surface area (Å²) in [6.45, 7) is -0.781. The van der Waals surface area contributed by atoms with Gasteiger partial charge in [-0.25, -0.2) is 0 Å². The molecule has 156 valence electrons. The molecule has 9 heteroatoms. The topological polar surface area (TPSA) is 85.9 Å². The van der Waals surface area contributed by atoms with E-state index >= 15 is 0 Å². The second-order valence-corrected chi connectivity index (χ2v) is 5.89. The van der Waals surface area contributed by atoms with E-state index in [2.05, 4.69) is 15.4 Å². The Bertz CT molecular complexity index is 845. The fourth-order valence-corrected chi connectivity index (χ4v) is 2.40. The molecule has 0 aliphatic heterocycles. The average Bonchev–Trinajstić information content (AvgIpc) is 2.70. The van der Waals surface area contributed by atoms with E-state index in [0.29, 0.717) is 0 Å². The number of methoxy groups -OCH3 is 1. The van der Waals surface area contributed by atoms with Crippen LogP contribution in [-0.4, -0.2) is 45.2 Å². The van der Waals surface area contributed by atoms with Gasteiger partial charge in [0.1, 0.15) is 12.4 Å². The van der Waals surface area contributed by atoms with Crippen LogP contribution in [0.3, 0.4) is 0 Å². The number of hydrogen-bond acceptors (Lipinski definition) is 5. The molecule has 0 heterocycles. The summed E-state index contributed by atoms with van der Waals surface area (Å²) < 4.78 is 39.5. The zero-order chi connectivity index (χ0) is 21.2. The molecule has 0 spiro atoms. The van der Waals surface area contributed by atoms with Crippen molar-refractivity contribution in [3.63, 3.8) is 0 Å². The lowest BCUT2D eigenvalue weighted by Crippen LogP contribution is -2.38. The number of rotatable bonds is 10. The lowest BCUT2D eigenvalue weighted by atomic mass is 10.2. The van der Waals surface area contributed by atoms with E-state index in [9.17, 15) is 18.4 Å². The minimum absolute atomic E-state index is 0.0178. The van der Waals surface area contributed by atoms with Crippen molar-refractivity contribution in [3.05, 3.63) is 53.6 Å². The molecule has 0 aromatic heterocycles. The van der Waals surface area contributed by atoms with E-state index in [4.69, 9.17) is 9.47 Å². The van der Waals surface area contributed by atoms with Crippen LogP contribution in [0, 0.1) is 6.92 Å². The maximum absolute atomic E-state index is 12.3. The highest BCUT2D eigenvalue weighted by molar-refractivity contribution is 5.97. The third-order valence-corrected chi connectivity index (χ3v) is 3.83. The van der Waals surface area contributed by atoms with Crippen LogP contribution in [0.4, 0.5) is 8.78 Å². The van der Waals surface area contributed by atoms with Gasteiger partial charge in [0.25, 0.3) is 5.91 Å². The summed E-state index contributed by atoms with van der Waals surface area (Å²) in [5, 5.41) is 5.07.